The van der Waals surface area contributed by atoms with Gasteiger partial charge in [0.05, 0.1) is 49.2 Å². The highest BCUT2D eigenvalue weighted by Gasteiger charge is 2.23. The Morgan fingerprint density at radius 1 is 0.911 bits per heavy atom. The van der Waals surface area contributed by atoms with Crippen LogP contribution in [0.4, 0.5) is 0 Å². The molecule has 0 spiro atoms. The number of methoxy groups -OCH3 is 3. The van der Waals surface area contributed by atoms with E-state index in [-0.39, 0.29) is 11.7 Å². The smallest absolute Gasteiger partial charge is 0.338 e. The van der Waals surface area contributed by atoms with Gasteiger partial charge in [-0.1, -0.05) is 11.6 Å². The number of halogens is 1. The molecule has 13 heteroatoms. The van der Waals surface area contributed by atoms with E-state index in [1.807, 2.05) is 0 Å². The van der Waals surface area contributed by atoms with Crippen LogP contribution in [0.1, 0.15) is 52.8 Å². The third-order valence-electron chi connectivity index (χ3n) is 8.16. The van der Waals surface area contributed by atoms with Crippen molar-refractivity contribution < 1.29 is 33.6 Å². The number of nitrogens with two attached hydrogens (primary N) is 1. The Kier molecular flexibility index (Phi) is 12.7. The fourth-order valence-electron chi connectivity index (χ4n) is 5.70. The second-order valence-electron chi connectivity index (χ2n) is 11.1. The molecule has 0 amide bonds. The van der Waals surface area contributed by atoms with E-state index in [1.165, 1.54) is 27.4 Å². The summed E-state index contributed by atoms with van der Waals surface area (Å²) in [6.45, 7) is 6.98. The summed E-state index contributed by atoms with van der Waals surface area (Å²) >= 11 is 6.33. The Balaban J connectivity index is 1.47. The SMILES string of the molecule is COc1cc(C(=O)OC(CCCn2ncc3c(Cl)cc(C(=O)O)cc32)CCN2CCCN(CCCN)CC2)cc(OC)c1OC. The van der Waals surface area contributed by atoms with Crippen molar-refractivity contribution in [2.24, 2.45) is 5.73 Å². The molecule has 3 aromatic rings. The largest absolute Gasteiger partial charge is 0.493 e. The van der Waals surface area contributed by atoms with Crippen molar-refractivity contribution in [1.82, 2.24) is 19.6 Å². The first kappa shape index (κ1) is 34.3. The van der Waals surface area contributed by atoms with Crippen molar-refractivity contribution in [2.45, 2.75) is 44.8 Å². The third-order valence-corrected chi connectivity index (χ3v) is 8.47. The van der Waals surface area contributed by atoms with Gasteiger partial charge in [0.15, 0.2) is 11.5 Å². The molecule has 1 atom stereocenters. The van der Waals surface area contributed by atoms with Gasteiger partial charge in [0.25, 0.3) is 0 Å². The number of aromatic nitrogens is 2. The summed E-state index contributed by atoms with van der Waals surface area (Å²) in [5.41, 5.74) is 6.76. The zero-order valence-electron chi connectivity index (χ0n) is 26.3. The maximum absolute atomic E-state index is 13.5. The van der Waals surface area contributed by atoms with Crippen molar-refractivity contribution in [2.75, 3.05) is 67.1 Å². The minimum atomic E-state index is -1.05. The minimum absolute atomic E-state index is 0.102. The molecule has 1 unspecified atom stereocenters. The zero-order valence-corrected chi connectivity index (χ0v) is 27.1. The first-order valence-corrected chi connectivity index (χ1v) is 15.7. The van der Waals surface area contributed by atoms with Gasteiger partial charge in [0.1, 0.15) is 6.10 Å². The molecular weight excluding hydrogens is 602 g/mol. The maximum Gasteiger partial charge on any atom is 0.338 e. The predicted molar refractivity (Wildman–Crippen MR) is 172 cm³/mol. The number of benzene rings is 2. The van der Waals surface area contributed by atoms with Crippen LogP contribution in [0.5, 0.6) is 17.2 Å². The van der Waals surface area contributed by atoms with E-state index >= 15 is 0 Å². The monoisotopic (exact) mass is 645 g/mol. The highest BCUT2D eigenvalue weighted by atomic mass is 35.5. The lowest BCUT2D eigenvalue weighted by Gasteiger charge is -2.25. The van der Waals surface area contributed by atoms with E-state index in [0.29, 0.717) is 71.1 Å². The van der Waals surface area contributed by atoms with Gasteiger partial charge in [-0.25, -0.2) is 9.59 Å². The molecule has 0 aliphatic carbocycles. The minimum Gasteiger partial charge on any atom is -0.493 e. The lowest BCUT2D eigenvalue weighted by Crippen LogP contribution is -2.34. The number of carbonyl (C=O) groups excluding carboxylic acids is 1. The topological polar surface area (TPSA) is 142 Å². The van der Waals surface area contributed by atoms with Gasteiger partial charge >= 0.3 is 11.9 Å². The van der Waals surface area contributed by atoms with Crippen LogP contribution in [0.2, 0.25) is 5.02 Å². The quantitative estimate of drug-likeness (QED) is 0.217. The number of rotatable bonds is 16. The van der Waals surface area contributed by atoms with Crippen molar-refractivity contribution in [3.05, 3.63) is 46.6 Å². The zero-order chi connectivity index (χ0) is 32.3. The highest BCUT2D eigenvalue weighted by molar-refractivity contribution is 6.35. The molecule has 1 saturated heterocycles. The fraction of sp³-hybridized carbons (Fsp3) is 0.531. The van der Waals surface area contributed by atoms with Crippen LogP contribution >= 0.6 is 11.6 Å². The summed E-state index contributed by atoms with van der Waals surface area (Å²) in [7, 11) is 4.51. The molecule has 0 radical (unpaired) electrons. The molecule has 1 aliphatic rings. The van der Waals surface area contributed by atoms with Crippen LogP contribution < -0.4 is 19.9 Å². The van der Waals surface area contributed by atoms with Gasteiger partial charge in [-0.3, -0.25) is 4.68 Å². The first-order chi connectivity index (χ1) is 21.8. The number of hydrogen-bond acceptors (Lipinski definition) is 10. The van der Waals surface area contributed by atoms with Crippen molar-refractivity contribution in [3.63, 3.8) is 0 Å². The molecule has 4 rings (SSSR count). The number of aromatic carboxylic acids is 1. The Morgan fingerprint density at radius 2 is 1.60 bits per heavy atom. The van der Waals surface area contributed by atoms with Crippen molar-refractivity contribution >= 4 is 34.4 Å². The van der Waals surface area contributed by atoms with E-state index in [1.54, 1.807) is 29.1 Å². The average Bonchev–Trinajstić information content (AvgIpc) is 3.31. The van der Waals surface area contributed by atoms with E-state index in [9.17, 15) is 14.7 Å². The number of carbonyl (C=O) groups is 2. The van der Waals surface area contributed by atoms with Crippen LogP contribution in [0, 0.1) is 0 Å². The van der Waals surface area contributed by atoms with Gasteiger partial charge in [-0.2, -0.15) is 5.10 Å². The number of ether oxygens (including phenoxy) is 4. The average molecular weight is 646 g/mol. The highest BCUT2D eigenvalue weighted by Crippen LogP contribution is 2.38. The van der Waals surface area contributed by atoms with Crippen molar-refractivity contribution in [1.29, 1.82) is 0 Å². The van der Waals surface area contributed by atoms with Crippen LogP contribution in [-0.4, -0.2) is 110 Å². The summed E-state index contributed by atoms with van der Waals surface area (Å²) in [4.78, 5) is 29.9. The fourth-order valence-corrected chi connectivity index (χ4v) is 5.96. The van der Waals surface area contributed by atoms with Crippen LogP contribution in [0.3, 0.4) is 0 Å². The Morgan fingerprint density at radius 3 is 2.22 bits per heavy atom. The molecule has 2 aromatic carbocycles. The number of carboxylic acid groups (broad SMARTS) is 1. The van der Waals surface area contributed by atoms with Gasteiger partial charge < -0.3 is 39.6 Å². The van der Waals surface area contributed by atoms with Crippen molar-refractivity contribution in [3.8, 4) is 17.2 Å². The molecule has 0 saturated carbocycles. The molecule has 12 nitrogen and oxygen atoms in total. The normalized spacial score (nSPS) is 15.0. The molecule has 0 bridgehead atoms. The summed E-state index contributed by atoms with van der Waals surface area (Å²) < 4.78 is 24.1. The van der Waals surface area contributed by atoms with Crippen LogP contribution in [0.25, 0.3) is 10.9 Å². The summed E-state index contributed by atoms with van der Waals surface area (Å²) in [5.74, 6) is -0.401. The summed E-state index contributed by atoms with van der Waals surface area (Å²) in [6.07, 6.45) is 5.23. The molecule has 3 N–H and O–H groups in total. The van der Waals surface area contributed by atoms with Crippen LogP contribution in [-0.2, 0) is 11.3 Å². The van der Waals surface area contributed by atoms with Gasteiger partial charge in [-0.15, -0.1) is 0 Å². The number of fused-ring (bicyclic) bond motifs is 1. The van der Waals surface area contributed by atoms with E-state index in [0.717, 1.165) is 52.1 Å². The Bertz CT molecular complexity index is 1420. The van der Waals surface area contributed by atoms with Crippen LogP contribution in [0.15, 0.2) is 30.5 Å². The lowest BCUT2D eigenvalue weighted by molar-refractivity contribution is 0.0227. The molecule has 1 aromatic heterocycles. The summed E-state index contributed by atoms with van der Waals surface area (Å²) in [6, 6.07) is 6.18. The number of hydrogen-bond donors (Lipinski definition) is 2. The molecule has 246 valence electrons. The maximum atomic E-state index is 13.5. The number of aryl methyl sites for hydroxylation is 1. The van der Waals surface area contributed by atoms with E-state index in [4.69, 9.17) is 36.3 Å². The third kappa shape index (κ3) is 9.00. The standard InChI is InChI=1S/C32H44ClN5O7/c1-42-28-19-23(20-29(43-2)30(28)44-3)32(41)45-24(8-14-37-12-6-11-36(15-16-37)10-5-9-34)7-4-13-38-27-18-22(31(39)40)17-26(33)25(27)21-35-38/h17-21,24H,4-16,34H2,1-3H3,(H,39,40). The first-order valence-electron chi connectivity index (χ1n) is 15.3. The second kappa shape index (κ2) is 16.6. The Hall–Kier alpha value is -3.58. The molecule has 1 fully saturated rings. The summed E-state index contributed by atoms with van der Waals surface area (Å²) in [5, 5.41) is 15.0. The lowest BCUT2D eigenvalue weighted by atomic mass is 10.1. The molecule has 2 heterocycles. The van der Waals surface area contributed by atoms with E-state index in [2.05, 4.69) is 14.9 Å². The number of esters is 1. The molecular formula is C32H44ClN5O7. The molecule has 45 heavy (non-hydrogen) atoms. The molecule has 1 aliphatic heterocycles. The second-order valence-corrected chi connectivity index (χ2v) is 11.5. The number of carboxylic acids is 1. The number of nitrogens with zero attached hydrogens (tertiary/aromatic N) is 4. The van der Waals surface area contributed by atoms with E-state index < -0.39 is 11.9 Å². The van der Waals surface area contributed by atoms with Gasteiger partial charge in [-0.05, 0) is 82.5 Å². The Labute approximate surface area is 268 Å². The van der Waals surface area contributed by atoms with Gasteiger partial charge in [0.2, 0.25) is 5.75 Å². The predicted octanol–water partition coefficient (Wildman–Crippen LogP) is 4.17. The van der Waals surface area contributed by atoms with Gasteiger partial charge in [0, 0.05) is 31.6 Å².